The van der Waals surface area contributed by atoms with Gasteiger partial charge in [0.2, 0.25) is 0 Å². The average molecular weight is 261 g/mol. The number of carbonyl (C=O) groups is 1. The molecule has 0 saturated carbocycles. The van der Waals surface area contributed by atoms with Gasteiger partial charge in [-0.2, -0.15) is 5.26 Å². The van der Waals surface area contributed by atoms with Gasteiger partial charge in [0.1, 0.15) is 5.82 Å². The van der Waals surface area contributed by atoms with Gasteiger partial charge in [-0.3, -0.25) is 4.79 Å². The normalized spacial score (nSPS) is 10.2. The molecular formula is C13H19N5O. The van der Waals surface area contributed by atoms with Crippen molar-refractivity contribution in [1.82, 2.24) is 4.98 Å². The van der Waals surface area contributed by atoms with Crippen LogP contribution in [0.25, 0.3) is 0 Å². The summed E-state index contributed by atoms with van der Waals surface area (Å²) in [6, 6.07) is 3.68. The minimum absolute atomic E-state index is 0.260. The smallest absolute Gasteiger partial charge is 0.250 e. The summed E-state index contributed by atoms with van der Waals surface area (Å²) in [5.74, 6) is 0.452. The lowest BCUT2D eigenvalue weighted by molar-refractivity contribution is 0.100. The van der Waals surface area contributed by atoms with Crippen LogP contribution in [0.5, 0.6) is 0 Å². The largest absolute Gasteiger partial charge is 0.397 e. The van der Waals surface area contributed by atoms with Gasteiger partial charge in [-0.15, -0.1) is 0 Å². The second-order valence-corrected chi connectivity index (χ2v) is 4.74. The maximum absolute atomic E-state index is 11.3. The zero-order chi connectivity index (χ0) is 14.4. The van der Waals surface area contributed by atoms with Crippen LogP contribution in [-0.4, -0.2) is 24.0 Å². The highest BCUT2D eigenvalue weighted by Crippen LogP contribution is 2.19. The molecular weight excluding hydrogens is 242 g/mol. The lowest BCUT2D eigenvalue weighted by atomic mass is 10.1. The Kier molecular flexibility index (Phi) is 5.12. The number of aromatic nitrogens is 1. The Labute approximate surface area is 113 Å². The zero-order valence-corrected chi connectivity index (χ0v) is 11.3. The summed E-state index contributed by atoms with van der Waals surface area (Å²) in [5, 5.41) is 8.69. The van der Waals surface area contributed by atoms with E-state index in [1.165, 1.54) is 6.20 Å². The van der Waals surface area contributed by atoms with Crippen LogP contribution in [0.1, 0.15) is 30.6 Å². The lowest BCUT2D eigenvalue weighted by Crippen LogP contribution is -2.30. The van der Waals surface area contributed by atoms with Gasteiger partial charge in [-0.1, -0.05) is 13.8 Å². The molecule has 0 unspecified atom stereocenters. The van der Waals surface area contributed by atoms with Gasteiger partial charge in [0.15, 0.2) is 0 Å². The lowest BCUT2D eigenvalue weighted by Gasteiger charge is -2.25. The Morgan fingerprint density at radius 1 is 1.58 bits per heavy atom. The summed E-state index contributed by atoms with van der Waals surface area (Å²) < 4.78 is 0. The van der Waals surface area contributed by atoms with Crippen molar-refractivity contribution in [2.24, 2.45) is 11.7 Å². The Bertz CT molecular complexity index is 492. The van der Waals surface area contributed by atoms with E-state index in [1.807, 2.05) is 4.90 Å². The maximum Gasteiger partial charge on any atom is 0.250 e. The van der Waals surface area contributed by atoms with E-state index in [-0.39, 0.29) is 11.3 Å². The number of carbonyl (C=O) groups excluding carboxylic acids is 1. The number of nitrogen functional groups attached to an aromatic ring is 1. The number of nitriles is 1. The molecule has 0 aliphatic heterocycles. The first kappa shape index (κ1) is 14.8. The van der Waals surface area contributed by atoms with Crippen LogP contribution in [0.3, 0.4) is 0 Å². The molecule has 1 aromatic rings. The van der Waals surface area contributed by atoms with Crippen LogP contribution < -0.4 is 16.4 Å². The van der Waals surface area contributed by atoms with Crippen molar-refractivity contribution in [1.29, 1.82) is 5.26 Å². The van der Waals surface area contributed by atoms with E-state index in [9.17, 15) is 4.79 Å². The first-order valence-corrected chi connectivity index (χ1v) is 6.13. The second kappa shape index (κ2) is 6.59. The third-order valence-electron chi connectivity index (χ3n) is 2.59. The number of anilines is 2. The highest BCUT2D eigenvalue weighted by atomic mass is 16.1. The first-order chi connectivity index (χ1) is 8.95. The van der Waals surface area contributed by atoms with Crippen molar-refractivity contribution < 1.29 is 4.79 Å². The molecule has 19 heavy (non-hydrogen) atoms. The van der Waals surface area contributed by atoms with Gasteiger partial charge in [0.25, 0.3) is 5.91 Å². The van der Waals surface area contributed by atoms with E-state index in [2.05, 4.69) is 24.9 Å². The first-order valence-electron chi connectivity index (χ1n) is 6.13. The fourth-order valence-electron chi connectivity index (χ4n) is 1.77. The fraction of sp³-hybridized carbons (Fsp3) is 0.462. The van der Waals surface area contributed by atoms with Crippen LogP contribution >= 0.6 is 0 Å². The zero-order valence-electron chi connectivity index (χ0n) is 11.3. The van der Waals surface area contributed by atoms with Gasteiger partial charge in [0.05, 0.1) is 29.9 Å². The Hall–Kier alpha value is -2.29. The average Bonchev–Trinajstić information content (AvgIpc) is 2.34. The molecule has 0 aliphatic rings. The number of nitrogens with two attached hydrogens (primary N) is 2. The van der Waals surface area contributed by atoms with Crippen LogP contribution in [-0.2, 0) is 0 Å². The SMILES string of the molecule is CC(C)CN(CCC#N)c1cc(C(N)=O)c(N)cn1. The van der Waals surface area contributed by atoms with Crippen molar-refractivity contribution in [2.45, 2.75) is 20.3 Å². The van der Waals surface area contributed by atoms with Crippen molar-refractivity contribution in [3.63, 3.8) is 0 Å². The molecule has 1 rings (SSSR count). The Balaban J connectivity index is 3.04. The van der Waals surface area contributed by atoms with Gasteiger partial charge in [0, 0.05) is 13.1 Å². The van der Waals surface area contributed by atoms with Gasteiger partial charge in [-0.05, 0) is 12.0 Å². The van der Waals surface area contributed by atoms with E-state index in [0.717, 1.165) is 6.54 Å². The summed E-state index contributed by atoms with van der Waals surface area (Å²) in [6.07, 6.45) is 1.82. The van der Waals surface area contributed by atoms with Crippen molar-refractivity contribution in [3.8, 4) is 6.07 Å². The summed E-state index contributed by atoms with van der Waals surface area (Å²) in [7, 11) is 0. The second-order valence-electron chi connectivity index (χ2n) is 4.74. The predicted octanol–water partition coefficient (Wildman–Crippen LogP) is 1.14. The molecule has 4 N–H and O–H groups in total. The van der Waals surface area contributed by atoms with Gasteiger partial charge in [-0.25, -0.2) is 4.98 Å². The minimum atomic E-state index is -0.578. The van der Waals surface area contributed by atoms with E-state index < -0.39 is 5.91 Å². The molecule has 1 aromatic heterocycles. The number of pyridine rings is 1. The number of rotatable bonds is 6. The summed E-state index contributed by atoms with van der Waals surface area (Å²) in [6.45, 7) is 5.46. The quantitative estimate of drug-likeness (QED) is 0.798. The fourth-order valence-corrected chi connectivity index (χ4v) is 1.77. The van der Waals surface area contributed by atoms with E-state index in [0.29, 0.717) is 24.7 Å². The molecule has 0 fully saturated rings. The Morgan fingerprint density at radius 2 is 2.26 bits per heavy atom. The van der Waals surface area contributed by atoms with E-state index in [4.69, 9.17) is 16.7 Å². The van der Waals surface area contributed by atoms with Crippen LogP contribution in [0.15, 0.2) is 12.3 Å². The topological polar surface area (TPSA) is 109 Å². The number of nitrogens with zero attached hydrogens (tertiary/aromatic N) is 3. The monoisotopic (exact) mass is 261 g/mol. The van der Waals surface area contributed by atoms with Gasteiger partial charge >= 0.3 is 0 Å². The summed E-state index contributed by atoms with van der Waals surface area (Å²) in [5.41, 5.74) is 11.4. The Morgan fingerprint density at radius 3 is 2.79 bits per heavy atom. The van der Waals surface area contributed by atoms with Crippen molar-refractivity contribution >= 4 is 17.4 Å². The summed E-state index contributed by atoms with van der Waals surface area (Å²) in [4.78, 5) is 17.4. The molecule has 1 heterocycles. The molecule has 1 amide bonds. The molecule has 6 nitrogen and oxygen atoms in total. The molecule has 0 spiro atoms. The molecule has 0 aromatic carbocycles. The molecule has 0 radical (unpaired) electrons. The molecule has 0 bridgehead atoms. The van der Waals surface area contributed by atoms with Crippen LogP contribution in [0.2, 0.25) is 0 Å². The maximum atomic E-state index is 11.3. The van der Waals surface area contributed by atoms with Crippen LogP contribution in [0, 0.1) is 17.2 Å². The number of amides is 1. The van der Waals surface area contributed by atoms with E-state index in [1.54, 1.807) is 6.07 Å². The third-order valence-corrected chi connectivity index (χ3v) is 2.59. The molecule has 102 valence electrons. The highest BCUT2D eigenvalue weighted by Gasteiger charge is 2.14. The molecule has 6 heteroatoms. The third kappa shape index (κ3) is 4.14. The highest BCUT2D eigenvalue weighted by molar-refractivity contribution is 5.98. The van der Waals surface area contributed by atoms with Crippen molar-refractivity contribution in [3.05, 3.63) is 17.8 Å². The molecule has 0 saturated heterocycles. The van der Waals surface area contributed by atoms with E-state index >= 15 is 0 Å². The predicted molar refractivity (Wildman–Crippen MR) is 74.4 cm³/mol. The summed E-state index contributed by atoms with van der Waals surface area (Å²) >= 11 is 0. The number of hydrogen-bond donors (Lipinski definition) is 2. The van der Waals surface area contributed by atoms with Crippen LogP contribution in [0.4, 0.5) is 11.5 Å². The van der Waals surface area contributed by atoms with Crippen molar-refractivity contribution in [2.75, 3.05) is 23.7 Å². The standard InChI is InChI=1S/C13H19N5O/c1-9(2)8-18(5-3-4-14)12-6-10(13(16)19)11(15)7-17-12/h6-7,9H,3,5,8,15H2,1-2H3,(H2,16,19). The van der Waals surface area contributed by atoms with Gasteiger partial charge < -0.3 is 16.4 Å². The molecule has 0 aliphatic carbocycles. The number of hydrogen-bond acceptors (Lipinski definition) is 5. The molecule has 0 atom stereocenters. The minimum Gasteiger partial charge on any atom is -0.397 e. The number of primary amides is 1.